The van der Waals surface area contributed by atoms with Crippen molar-refractivity contribution in [3.05, 3.63) is 36.0 Å². The smallest absolute Gasteiger partial charge is 0.326 e. The quantitative estimate of drug-likeness (QED) is 0.0515. The Morgan fingerprint density at radius 2 is 1.45 bits per heavy atom. The highest BCUT2D eigenvalue weighted by Gasteiger charge is 2.29. The number of amides is 3. The van der Waals surface area contributed by atoms with Crippen LogP contribution in [0.25, 0.3) is 10.9 Å². The number of unbranched alkanes of at least 4 members (excludes halogenated alkanes) is 6. The molecule has 15 nitrogen and oxygen atoms in total. The molecule has 0 spiro atoms. The van der Waals surface area contributed by atoms with Crippen molar-refractivity contribution in [1.29, 1.82) is 0 Å². The van der Waals surface area contributed by atoms with Crippen LogP contribution in [0.1, 0.15) is 116 Å². The fraction of sp³-hybridized carbons (Fsp3) is 0.625. The van der Waals surface area contributed by atoms with E-state index in [0.717, 1.165) is 36.2 Å². The number of nitrogens with two attached hydrogens (primary N) is 1. The molecule has 1 heterocycles. The van der Waals surface area contributed by atoms with E-state index in [1.54, 1.807) is 6.20 Å². The zero-order valence-corrected chi connectivity index (χ0v) is 32.5. The van der Waals surface area contributed by atoms with E-state index < -0.39 is 60.1 Å². The number of carboxylic acids is 2. The number of benzene rings is 1. The van der Waals surface area contributed by atoms with Crippen LogP contribution in [0.4, 0.5) is 0 Å². The Labute approximate surface area is 323 Å². The molecule has 0 aliphatic carbocycles. The predicted molar refractivity (Wildman–Crippen MR) is 209 cm³/mol. The third-order valence-corrected chi connectivity index (χ3v) is 9.56. The molecule has 0 radical (unpaired) electrons. The number of hydrogen-bond donors (Lipinski definition) is 8. The van der Waals surface area contributed by atoms with E-state index >= 15 is 0 Å². The molecule has 306 valence electrons. The van der Waals surface area contributed by atoms with E-state index in [2.05, 4.69) is 33.2 Å². The minimum Gasteiger partial charge on any atom is -0.481 e. The molecular weight excluding hydrogens is 708 g/mol. The molecule has 1 aromatic carbocycles. The van der Waals surface area contributed by atoms with Gasteiger partial charge in [-0.3, -0.25) is 28.8 Å². The van der Waals surface area contributed by atoms with Crippen molar-refractivity contribution in [2.24, 2.45) is 11.7 Å². The van der Waals surface area contributed by atoms with Crippen molar-refractivity contribution < 1.29 is 43.8 Å². The molecule has 4 atom stereocenters. The Hall–Kier alpha value is -4.63. The van der Waals surface area contributed by atoms with Crippen molar-refractivity contribution in [3.8, 4) is 0 Å². The van der Waals surface area contributed by atoms with Crippen LogP contribution in [-0.4, -0.2) is 94.2 Å². The largest absolute Gasteiger partial charge is 0.481 e. The van der Waals surface area contributed by atoms with Gasteiger partial charge in [0.05, 0.1) is 6.04 Å². The zero-order chi connectivity index (χ0) is 40.6. The van der Waals surface area contributed by atoms with Gasteiger partial charge in [-0.05, 0) is 63.2 Å². The molecular formula is C40H62N6O9. The average molecular weight is 771 g/mol. The first-order valence-electron chi connectivity index (χ1n) is 19.7. The summed E-state index contributed by atoms with van der Waals surface area (Å²) in [6.07, 6.45) is 11.3. The van der Waals surface area contributed by atoms with Gasteiger partial charge in [0.2, 0.25) is 17.7 Å². The fourth-order valence-electron chi connectivity index (χ4n) is 6.37. The van der Waals surface area contributed by atoms with Gasteiger partial charge in [-0.2, -0.15) is 0 Å². The van der Waals surface area contributed by atoms with Crippen LogP contribution in [-0.2, 0) is 40.0 Å². The van der Waals surface area contributed by atoms with Crippen LogP contribution in [0, 0.1) is 5.92 Å². The second-order valence-corrected chi connectivity index (χ2v) is 14.3. The van der Waals surface area contributed by atoms with Gasteiger partial charge in [0.15, 0.2) is 0 Å². The molecule has 15 heteroatoms. The number of carbonyl (C=O) groups is 7. The van der Waals surface area contributed by atoms with Crippen molar-refractivity contribution in [2.75, 3.05) is 19.6 Å². The van der Waals surface area contributed by atoms with Crippen molar-refractivity contribution in [3.63, 3.8) is 0 Å². The fourth-order valence-corrected chi connectivity index (χ4v) is 6.37. The van der Waals surface area contributed by atoms with E-state index in [0.29, 0.717) is 38.8 Å². The van der Waals surface area contributed by atoms with Gasteiger partial charge in [0.25, 0.3) is 0 Å². The lowest BCUT2D eigenvalue weighted by molar-refractivity contribution is -0.143. The number of ketones is 2. The third kappa shape index (κ3) is 19.0. The van der Waals surface area contributed by atoms with Crippen LogP contribution in [0.2, 0.25) is 0 Å². The molecule has 0 aliphatic rings. The summed E-state index contributed by atoms with van der Waals surface area (Å²) in [5.74, 6) is -5.37. The topological polar surface area (TPSA) is 250 Å². The summed E-state index contributed by atoms with van der Waals surface area (Å²) in [4.78, 5) is 89.6. The number of carboxylic acid groups (broad SMARTS) is 2. The number of aliphatic carboxylic acids is 2. The summed E-state index contributed by atoms with van der Waals surface area (Å²) in [5.41, 5.74) is 7.95. The molecule has 0 bridgehead atoms. The van der Waals surface area contributed by atoms with E-state index in [4.69, 9.17) is 10.8 Å². The van der Waals surface area contributed by atoms with Gasteiger partial charge in [0, 0.05) is 62.2 Å². The van der Waals surface area contributed by atoms with Gasteiger partial charge in [-0.1, -0.05) is 63.6 Å². The molecule has 1 aromatic heterocycles. The van der Waals surface area contributed by atoms with Gasteiger partial charge < -0.3 is 42.2 Å². The Morgan fingerprint density at radius 1 is 0.764 bits per heavy atom. The highest BCUT2D eigenvalue weighted by atomic mass is 16.4. The predicted octanol–water partition coefficient (Wildman–Crippen LogP) is 3.53. The SMILES string of the molecule is CCCCCCCCCC(=O)CCCNCC[C@H](N)C(=O)C[C@H](Cc1c[nH]c2ccccc12)C(=O)NCC[C@H](NC(=O)[C@@H](CCC(=O)O)NC(C)=O)C(=O)O. The van der Waals surface area contributed by atoms with Crippen molar-refractivity contribution in [2.45, 2.75) is 135 Å². The van der Waals surface area contributed by atoms with Crippen LogP contribution in [0.5, 0.6) is 0 Å². The number of hydrogen-bond acceptors (Lipinski definition) is 9. The van der Waals surface area contributed by atoms with Gasteiger partial charge in [0.1, 0.15) is 23.7 Å². The van der Waals surface area contributed by atoms with E-state index in [1.165, 1.54) is 32.1 Å². The summed E-state index contributed by atoms with van der Waals surface area (Å²) in [6, 6.07) is 4.01. The first-order valence-corrected chi connectivity index (χ1v) is 19.7. The van der Waals surface area contributed by atoms with Crippen molar-refractivity contribution in [1.82, 2.24) is 26.3 Å². The molecule has 0 unspecified atom stereocenters. The number of nitrogens with one attached hydrogen (secondary N) is 5. The molecule has 3 amide bonds. The van der Waals surface area contributed by atoms with Crippen LogP contribution >= 0.6 is 0 Å². The maximum atomic E-state index is 13.5. The number of rotatable bonds is 31. The second-order valence-electron chi connectivity index (χ2n) is 14.3. The Balaban J connectivity index is 1.91. The Morgan fingerprint density at radius 3 is 2.15 bits per heavy atom. The van der Waals surface area contributed by atoms with Crippen molar-refractivity contribution >= 4 is 52.1 Å². The first kappa shape index (κ1) is 46.5. The minimum atomic E-state index is -1.45. The summed E-state index contributed by atoms with van der Waals surface area (Å²) in [7, 11) is 0. The highest BCUT2D eigenvalue weighted by molar-refractivity contribution is 5.92. The number of fused-ring (bicyclic) bond motifs is 1. The normalized spacial score (nSPS) is 13.4. The summed E-state index contributed by atoms with van der Waals surface area (Å²) < 4.78 is 0. The molecule has 0 saturated carbocycles. The zero-order valence-electron chi connectivity index (χ0n) is 32.5. The lowest BCUT2D eigenvalue weighted by Gasteiger charge is -2.22. The van der Waals surface area contributed by atoms with Gasteiger partial charge in [-0.25, -0.2) is 4.79 Å². The lowest BCUT2D eigenvalue weighted by Crippen LogP contribution is -2.52. The average Bonchev–Trinajstić information content (AvgIpc) is 3.55. The molecule has 9 N–H and O–H groups in total. The number of Topliss-reactive ketones (excluding diaryl/α,β-unsaturated/α-hetero) is 2. The number of para-hydroxylation sites is 1. The monoisotopic (exact) mass is 770 g/mol. The minimum absolute atomic E-state index is 0.152. The molecule has 55 heavy (non-hydrogen) atoms. The van der Waals surface area contributed by atoms with Crippen LogP contribution in [0.15, 0.2) is 30.5 Å². The Kier molecular flexibility index (Phi) is 22.2. The summed E-state index contributed by atoms with van der Waals surface area (Å²) in [6.45, 7) is 4.28. The van der Waals surface area contributed by atoms with E-state index in [-0.39, 0.29) is 43.8 Å². The maximum Gasteiger partial charge on any atom is 0.326 e. The molecule has 2 aromatic rings. The van der Waals surface area contributed by atoms with Gasteiger partial charge in [-0.15, -0.1) is 0 Å². The van der Waals surface area contributed by atoms with E-state index in [9.17, 15) is 38.7 Å². The first-order chi connectivity index (χ1) is 26.3. The standard InChI is InChI=1S/C40H62N6O9/c1-3-4-5-6-7-8-9-13-30(48)14-12-21-42-22-19-32(41)36(49)25-28(24-29-26-44-33-16-11-10-15-31(29)33)38(52)43-23-20-35(40(54)55)46-39(53)34(45-27(2)47)17-18-37(50)51/h10-11,15-16,26,28,32,34-35,42,44H,3-9,12-14,17-25,41H2,1-2H3,(H,43,52)(H,45,47)(H,46,53)(H,50,51)(H,54,55)/t28-,32-,34+,35-/m0/s1. The van der Waals surface area contributed by atoms with Crippen LogP contribution in [0.3, 0.4) is 0 Å². The number of carbonyl (C=O) groups excluding carboxylic acids is 5. The molecule has 2 rings (SSSR count). The van der Waals surface area contributed by atoms with Gasteiger partial charge >= 0.3 is 11.9 Å². The molecule has 0 fully saturated rings. The lowest BCUT2D eigenvalue weighted by atomic mass is 9.90. The van der Waals surface area contributed by atoms with E-state index in [1.807, 2.05) is 24.3 Å². The summed E-state index contributed by atoms with van der Waals surface area (Å²) in [5, 5.41) is 30.2. The molecule has 0 saturated heterocycles. The third-order valence-electron chi connectivity index (χ3n) is 9.56. The maximum absolute atomic E-state index is 13.5. The molecule has 0 aliphatic heterocycles. The highest BCUT2D eigenvalue weighted by Crippen LogP contribution is 2.23. The summed E-state index contributed by atoms with van der Waals surface area (Å²) >= 11 is 0. The Bertz CT molecular complexity index is 1540. The number of H-pyrrole nitrogens is 1. The number of aromatic nitrogens is 1. The van der Waals surface area contributed by atoms with Crippen LogP contribution < -0.4 is 27.0 Å². The second kappa shape index (κ2) is 26.2. The number of aromatic amines is 1.